The molecule has 47 heavy (non-hydrogen) atoms. The molecule has 4 heterocycles. The minimum Gasteiger partial charge on any atom is -0.382 e. The first-order valence-electron chi connectivity index (χ1n) is 15.1. The molecule has 10 nitrogen and oxygen atoms in total. The second kappa shape index (κ2) is 14.5. The van der Waals surface area contributed by atoms with Crippen LogP contribution in [0.25, 0.3) is 22.5 Å². The van der Waals surface area contributed by atoms with E-state index in [1.54, 1.807) is 24.4 Å². The molecule has 15 heteroatoms. The molecule has 0 unspecified atom stereocenters. The Balaban J connectivity index is 0.000000185. The summed E-state index contributed by atoms with van der Waals surface area (Å²) in [5.41, 5.74) is 26.8. The van der Waals surface area contributed by atoms with Gasteiger partial charge in [-0.25, -0.2) is 19.9 Å². The van der Waals surface area contributed by atoms with Gasteiger partial charge in [-0.15, -0.1) is 0 Å². The summed E-state index contributed by atoms with van der Waals surface area (Å²) >= 11 is 28.2. The number of rotatable bonds is 4. The van der Waals surface area contributed by atoms with E-state index in [9.17, 15) is 0 Å². The van der Waals surface area contributed by atoms with Gasteiger partial charge in [0.05, 0.1) is 26.3 Å². The van der Waals surface area contributed by atoms with Crippen molar-refractivity contribution in [3.63, 3.8) is 0 Å². The quantitative estimate of drug-likeness (QED) is 0.164. The molecule has 0 radical (unpaired) electrons. The van der Waals surface area contributed by atoms with E-state index in [2.05, 4.69) is 59.5 Å². The number of nitrogen functional groups attached to an aromatic ring is 2. The second-order valence-electron chi connectivity index (χ2n) is 12.5. The van der Waals surface area contributed by atoms with Gasteiger partial charge in [-0.05, 0) is 67.6 Å². The number of aromatic nitrogens is 4. The lowest BCUT2D eigenvalue weighted by Crippen LogP contribution is -2.48. The third-order valence-electron chi connectivity index (χ3n) is 8.50. The molecule has 0 amide bonds. The van der Waals surface area contributed by atoms with Crippen LogP contribution in [0.4, 0.5) is 23.3 Å². The van der Waals surface area contributed by atoms with E-state index in [4.69, 9.17) is 69.3 Å². The fraction of sp³-hybridized carbons (Fsp3) is 0.375. The van der Waals surface area contributed by atoms with Crippen molar-refractivity contribution in [3.05, 3.63) is 67.3 Å². The maximum Gasteiger partial charge on any atom is 0.164 e. The summed E-state index contributed by atoms with van der Waals surface area (Å²) in [4.78, 5) is 22.4. The van der Waals surface area contributed by atoms with Gasteiger partial charge < -0.3 is 32.7 Å². The van der Waals surface area contributed by atoms with Crippen LogP contribution in [-0.2, 0) is 0 Å². The van der Waals surface area contributed by atoms with Gasteiger partial charge in [-0.2, -0.15) is 0 Å². The molecule has 4 aromatic rings. The predicted molar refractivity (Wildman–Crippen MR) is 200 cm³/mol. The molecule has 250 valence electrons. The standard InChI is InChI=1S/C16H18BrCl2N5.C16H19Cl2N5/c1-16(21)5-7-24(8-6-16)15-13(17)22-12(14(20)23-15)9-3-2-4-10(18)11(9)19;1-16(20)5-7-23(8-6-16)12-9-21-14(15(19)22-12)10-3-2-4-11(17)13(10)18/h2-4H,5-8,21H2,1H3,(H2,20,23);2-4,9H,5-8,20H2,1H3,(H2,19,22). The van der Waals surface area contributed by atoms with Crippen molar-refractivity contribution in [2.24, 2.45) is 11.5 Å². The molecule has 2 aliphatic heterocycles. The van der Waals surface area contributed by atoms with Gasteiger partial charge in [0, 0.05) is 48.4 Å². The van der Waals surface area contributed by atoms with Crippen molar-refractivity contribution in [2.45, 2.75) is 50.6 Å². The number of benzene rings is 2. The molecule has 0 aliphatic carbocycles. The largest absolute Gasteiger partial charge is 0.382 e. The Morgan fingerprint density at radius 1 is 0.681 bits per heavy atom. The van der Waals surface area contributed by atoms with E-state index in [-0.39, 0.29) is 11.1 Å². The molecule has 0 atom stereocenters. The Kier molecular flexibility index (Phi) is 11.0. The van der Waals surface area contributed by atoms with Crippen molar-refractivity contribution in [3.8, 4) is 22.5 Å². The minimum absolute atomic E-state index is 0.107. The molecule has 0 spiro atoms. The predicted octanol–water partition coefficient (Wildman–Crippen LogP) is 7.46. The van der Waals surface area contributed by atoms with Gasteiger partial charge in [0.15, 0.2) is 17.5 Å². The Labute approximate surface area is 303 Å². The smallest absolute Gasteiger partial charge is 0.164 e. The highest BCUT2D eigenvalue weighted by Crippen LogP contribution is 2.38. The number of hydrogen-bond acceptors (Lipinski definition) is 10. The number of hydrogen-bond donors (Lipinski definition) is 4. The Bertz CT molecular complexity index is 1750. The van der Waals surface area contributed by atoms with E-state index in [0.29, 0.717) is 58.8 Å². The van der Waals surface area contributed by atoms with Crippen molar-refractivity contribution in [2.75, 3.05) is 47.4 Å². The Hall–Kier alpha value is -2.64. The van der Waals surface area contributed by atoms with E-state index in [0.717, 1.165) is 63.5 Å². The summed E-state index contributed by atoms with van der Waals surface area (Å²) in [6.45, 7) is 7.48. The van der Waals surface area contributed by atoms with Crippen LogP contribution in [0.3, 0.4) is 0 Å². The minimum atomic E-state index is -0.129. The van der Waals surface area contributed by atoms with Crippen molar-refractivity contribution in [1.82, 2.24) is 19.9 Å². The SMILES string of the molecule is CC1(N)CCN(c2cnc(-c3cccc(Cl)c3Cl)c(N)n2)CC1.CC1(N)CCN(c2nc(N)c(-c3cccc(Cl)c3Cl)nc2Br)CC1. The Morgan fingerprint density at radius 3 is 1.66 bits per heavy atom. The van der Waals surface area contributed by atoms with E-state index in [1.807, 2.05) is 18.2 Å². The van der Waals surface area contributed by atoms with E-state index in [1.165, 1.54) is 0 Å². The van der Waals surface area contributed by atoms with Crippen LogP contribution in [0.5, 0.6) is 0 Å². The van der Waals surface area contributed by atoms with Gasteiger partial charge in [-0.1, -0.05) is 70.7 Å². The number of anilines is 4. The van der Waals surface area contributed by atoms with Crippen molar-refractivity contribution in [1.29, 1.82) is 0 Å². The number of nitrogens with zero attached hydrogens (tertiary/aromatic N) is 6. The molecule has 2 saturated heterocycles. The molecular formula is C32H37BrCl4N10. The molecule has 2 aromatic heterocycles. The van der Waals surface area contributed by atoms with Gasteiger partial charge >= 0.3 is 0 Å². The molecule has 8 N–H and O–H groups in total. The van der Waals surface area contributed by atoms with Crippen LogP contribution in [-0.4, -0.2) is 57.2 Å². The number of halogens is 5. The van der Waals surface area contributed by atoms with Crippen LogP contribution >= 0.6 is 62.3 Å². The number of piperidine rings is 2. The summed E-state index contributed by atoms with van der Waals surface area (Å²) in [6.07, 6.45) is 5.33. The van der Waals surface area contributed by atoms with Crippen LogP contribution in [0.2, 0.25) is 20.1 Å². The van der Waals surface area contributed by atoms with Crippen molar-refractivity contribution >= 4 is 85.6 Å². The first-order chi connectivity index (χ1) is 22.2. The molecule has 2 fully saturated rings. The molecular weight excluding hydrogens is 746 g/mol. The fourth-order valence-corrected chi connectivity index (χ4v) is 6.72. The lowest BCUT2D eigenvalue weighted by Gasteiger charge is -2.37. The highest BCUT2D eigenvalue weighted by atomic mass is 79.9. The average Bonchev–Trinajstić information content (AvgIpc) is 3.02. The third kappa shape index (κ3) is 8.33. The fourth-order valence-electron chi connectivity index (χ4n) is 5.42. The lowest BCUT2D eigenvalue weighted by atomic mass is 9.91. The lowest BCUT2D eigenvalue weighted by molar-refractivity contribution is 0.362. The topological polar surface area (TPSA) is 162 Å². The normalized spacial score (nSPS) is 17.2. The zero-order valence-corrected chi connectivity index (χ0v) is 30.7. The van der Waals surface area contributed by atoms with Gasteiger partial charge in [-0.3, -0.25) is 0 Å². The summed E-state index contributed by atoms with van der Waals surface area (Å²) < 4.78 is 0.628. The van der Waals surface area contributed by atoms with Crippen LogP contribution < -0.4 is 32.7 Å². The molecule has 6 rings (SSSR count). The zero-order valence-electron chi connectivity index (χ0n) is 26.1. The highest BCUT2D eigenvalue weighted by Gasteiger charge is 2.29. The molecule has 0 saturated carbocycles. The zero-order chi connectivity index (χ0) is 34.1. The number of nitrogens with two attached hydrogens (primary N) is 4. The van der Waals surface area contributed by atoms with Crippen LogP contribution in [0, 0.1) is 0 Å². The van der Waals surface area contributed by atoms with Gasteiger partial charge in [0.25, 0.3) is 0 Å². The summed E-state index contributed by atoms with van der Waals surface area (Å²) in [6, 6.07) is 10.7. The third-order valence-corrected chi connectivity index (χ3v) is 10.7. The molecule has 2 aliphatic rings. The van der Waals surface area contributed by atoms with Gasteiger partial charge in [0.2, 0.25) is 0 Å². The highest BCUT2D eigenvalue weighted by molar-refractivity contribution is 9.10. The Morgan fingerprint density at radius 2 is 1.15 bits per heavy atom. The van der Waals surface area contributed by atoms with Crippen LogP contribution in [0.1, 0.15) is 39.5 Å². The summed E-state index contributed by atoms with van der Waals surface area (Å²) in [5.74, 6) is 2.15. The monoisotopic (exact) mass is 780 g/mol. The van der Waals surface area contributed by atoms with E-state index >= 15 is 0 Å². The van der Waals surface area contributed by atoms with E-state index < -0.39 is 0 Å². The second-order valence-corrected chi connectivity index (χ2v) is 14.8. The van der Waals surface area contributed by atoms with Crippen molar-refractivity contribution < 1.29 is 0 Å². The molecule has 0 bridgehead atoms. The summed E-state index contributed by atoms with van der Waals surface area (Å²) in [7, 11) is 0. The van der Waals surface area contributed by atoms with Gasteiger partial charge in [0.1, 0.15) is 21.8 Å². The first-order valence-corrected chi connectivity index (χ1v) is 17.4. The average molecular weight is 783 g/mol. The van der Waals surface area contributed by atoms with Crippen LogP contribution in [0.15, 0.2) is 47.2 Å². The summed E-state index contributed by atoms with van der Waals surface area (Å²) in [5, 5.41) is 1.76. The molecule has 2 aromatic carbocycles. The maximum atomic E-state index is 6.28. The first kappa shape index (κ1) is 35.7. The maximum absolute atomic E-state index is 6.28.